The molecule has 31 heavy (non-hydrogen) atoms. The molecule has 0 bridgehead atoms. The van der Waals surface area contributed by atoms with E-state index in [0.29, 0.717) is 12.5 Å². The monoisotopic (exact) mass is 430 g/mol. The van der Waals surface area contributed by atoms with Gasteiger partial charge in [0.25, 0.3) is 0 Å². The number of halogens is 2. The number of ether oxygens (including phenoxy) is 1. The van der Waals surface area contributed by atoms with Gasteiger partial charge in [-0.2, -0.15) is 4.39 Å². The van der Waals surface area contributed by atoms with Crippen LogP contribution in [0.4, 0.5) is 8.78 Å². The van der Waals surface area contributed by atoms with E-state index in [1.54, 1.807) is 6.07 Å². The van der Waals surface area contributed by atoms with E-state index in [0.717, 1.165) is 49.9 Å². The number of hydrogen-bond donors (Lipinski definition) is 0. The van der Waals surface area contributed by atoms with Gasteiger partial charge in [0, 0.05) is 5.92 Å². The maximum absolute atomic E-state index is 14.4. The summed E-state index contributed by atoms with van der Waals surface area (Å²) in [6.07, 6.45) is 16.0. The zero-order valence-corrected chi connectivity index (χ0v) is 19.5. The van der Waals surface area contributed by atoms with Gasteiger partial charge in [0.15, 0.2) is 11.6 Å². The van der Waals surface area contributed by atoms with Gasteiger partial charge in [-0.05, 0) is 74.8 Å². The highest BCUT2D eigenvalue weighted by Gasteiger charge is 2.30. The summed E-state index contributed by atoms with van der Waals surface area (Å²) in [6, 6.07) is 3.07. The van der Waals surface area contributed by atoms with Crippen LogP contribution in [-0.2, 0) is 0 Å². The first-order valence-corrected chi connectivity index (χ1v) is 12.7. The second-order valence-electron chi connectivity index (χ2n) is 9.75. The van der Waals surface area contributed by atoms with Crippen molar-refractivity contribution in [3.63, 3.8) is 0 Å². The largest absolute Gasteiger partial charge is 0.490 e. The lowest BCUT2D eigenvalue weighted by Crippen LogP contribution is -2.25. The summed E-state index contributed by atoms with van der Waals surface area (Å²) >= 11 is 0. The van der Waals surface area contributed by atoms with Crippen LogP contribution in [0.25, 0.3) is 0 Å². The molecule has 3 rings (SSSR count). The summed E-state index contributed by atoms with van der Waals surface area (Å²) in [5.41, 5.74) is 0.148. The normalized spacial score (nSPS) is 26.2. The van der Waals surface area contributed by atoms with Gasteiger partial charge in [0.2, 0.25) is 5.82 Å². The van der Waals surface area contributed by atoms with Crippen molar-refractivity contribution >= 4 is 0 Å². The van der Waals surface area contributed by atoms with E-state index in [9.17, 15) is 8.78 Å². The van der Waals surface area contributed by atoms with Gasteiger partial charge in [-0.1, -0.05) is 64.2 Å². The lowest BCUT2D eigenvalue weighted by Gasteiger charge is -2.37. The first-order valence-electron chi connectivity index (χ1n) is 12.7. The first kappa shape index (κ1) is 24.1. The number of benzene rings is 1. The molecule has 1 aromatic carbocycles. The minimum Gasteiger partial charge on any atom is -0.490 e. The third-order valence-electron chi connectivity index (χ3n) is 7.49. The van der Waals surface area contributed by atoms with Crippen LogP contribution in [0.5, 0.6) is 5.75 Å². The Hall–Kier alpha value is -1.56. The van der Waals surface area contributed by atoms with Crippen molar-refractivity contribution in [1.82, 2.24) is 0 Å². The first-order chi connectivity index (χ1) is 15.1. The highest BCUT2D eigenvalue weighted by atomic mass is 19.2. The molecule has 2 saturated carbocycles. The van der Waals surface area contributed by atoms with Gasteiger partial charge in [0.05, 0.1) is 12.2 Å². The van der Waals surface area contributed by atoms with E-state index >= 15 is 0 Å². The Bertz CT molecular complexity index is 731. The predicted molar refractivity (Wildman–Crippen MR) is 124 cm³/mol. The summed E-state index contributed by atoms with van der Waals surface area (Å²) in [6.45, 7) is 4.81. The molecule has 2 fully saturated rings. The van der Waals surface area contributed by atoms with E-state index in [1.807, 2.05) is 0 Å². The van der Waals surface area contributed by atoms with Crippen LogP contribution in [-0.4, -0.2) is 6.61 Å². The van der Waals surface area contributed by atoms with Crippen molar-refractivity contribution in [2.75, 3.05) is 6.61 Å². The zero-order valence-electron chi connectivity index (χ0n) is 19.5. The van der Waals surface area contributed by atoms with E-state index < -0.39 is 11.6 Å². The number of rotatable bonds is 8. The van der Waals surface area contributed by atoms with Crippen LogP contribution in [0.15, 0.2) is 12.1 Å². The average molecular weight is 431 g/mol. The molecule has 2 aliphatic rings. The molecule has 172 valence electrons. The third-order valence-corrected chi connectivity index (χ3v) is 7.49. The van der Waals surface area contributed by atoms with Crippen molar-refractivity contribution < 1.29 is 13.5 Å². The molecular weight excluding hydrogens is 390 g/mol. The molecular formula is C28H40F2O. The zero-order chi connectivity index (χ0) is 22.1. The lowest BCUT2D eigenvalue weighted by atomic mass is 9.69. The van der Waals surface area contributed by atoms with E-state index in [-0.39, 0.29) is 11.3 Å². The summed E-state index contributed by atoms with van der Waals surface area (Å²) in [5.74, 6) is 7.38. The molecule has 0 atom stereocenters. The van der Waals surface area contributed by atoms with Gasteiger partial charge >= 0.3 is 0 Å². The highest BCUT2D eigenvalue weighted by molar-refractivity contribution is 5.41. The van der Waals surface area contributed by atoms with Crippen LogP contribution in [0.3, 0.4) is 0 Å². The van der Waals surface area contributed by atoms with Gasteiger partial charge in [-0.25, -0.2) is 4.39 Å². The fourth-order valence-electron chi connectivity index (χ4n) is 5.55. The molecule has 0 heterocycles. The molecule has 0 radical (unpaired) electrons. The van der Waals surface area contributed by atoms with Crippen LogP contribution in [0.1, 0.15) is 103 Å². The molecule has 2 aliphatic carbocycles. The number of unbranched alkanes of at least 4 members (excludes halogenated alkanes) is 2. The topological polar surface area (TPSA) is 9.23 Å². The molecule has 1 aromatic rings. The Morgan fingerprint density at radius 1 is 0.839 bits per heavy atom. The third kappa shape index (κ3) is 6.96. The molecule has 0 saturated heterocycles. The highest BCUT2D eigenvalue weighted by Crippen LogP contribution is 2.42. The van der Waals surface area contributed by atoms with Crippen LogP contribution in [0.2, 0.25) is 0 Å². The SMILES string of the molecule is CCCCCOc1ccc(C#CC2CCC([C@H]3CC[C@H](CCC)CC3)CC2)c(F)c1F. The molecule has 0 spiro atoms. The van der Waals surface area contributed by atoms with E-state index in [2.05, 4.69) is 25.7 Å². The van der Waals surface area contributed by atoms with E-state index in [4.69, 9.17) is 4.74 Å². The molecule has 0 amide bonds. The smallest absolute Gasteiger partial charge is 0.201 e. The molecule has 1 nitrogen and oxygen atoms in total. The Morgan fingerprint density at radius 3 is 2.16 bits per heavy atom. The van der Waals surface area contributed by atoms with Gasteiger partial charge in [-0.15, -0.1) is 0 Å². The molecule has 0 aromatic heterocycles. The van der Waals surface area contributed by atoms with Gasteiger partial charge < -0.3 is 4.74 Å². The lowest BCUT2D eigenvalue weighted by molar-refractivity contribution is 0.154. The van der Waals surface area contributed by atoms with Crippen molar-refractivity contribution in [2.24, 2.45) is 23.7 Å². The Kier molecular flexibility index (Phi) is 9.69. The molecule has 0 unspecified atom stereocenters. The Labute approximate surface area is 188 Å². The Balaban J connectivity index is 1.48. The van der Waals surface area contributed by atoms with Gasteiger partial charge in [0.1, 0.15) is 0 Å². The minimum absolute atomic E-state index is 0.00619. The summed E-state index contributed by atoms with van der Waals surface area (Å²) in [4.78, 5) is 0. The molecule has 3 heteroatoms. The van der Waals surface area contributed by atoms with Crippen LogP contribution >= 0.6 is 0 Å². The maximum Gasteiger partial charge on any atom is 0.201 e. The second-order valence-corrected chi connectivity index (χ2v) is 9.75. The van der Waals surface area contributed by atoms with Crippen LogP contribution in [0, 0.1) is 47.1 Å². The average Bonchev–Trinajstić information content (AvgIpc) is 2.80. The molecule has 0 aliphatic heterocycles. The summed E-state index contributed by atoms with van der Waals surface area (Å²) in [5, 5.41) is 0. The van der Waals surface area contributed by atoms with Gasteiger partial charge in [-0.3, -0.25) is 0 Å². The fourth-order valence-corrected chi connectivity index (χ4v) is 5.55. The van der Waals surface area contributed by atoms with Crippen LogP contribution < -0.4 is 4.74 Å². The maximum atomic E-state index is 14.4. The van der Waals surface area contributed by atoms with E-state index in [1.165, 1.54) is 57.4 Å². The molecule has 0 N–H and O–H groups in total. The Morgan fingerprint density at radius 2 is 1.52 bits per heavy atom. The summed E-state index contributed by atoms with van der Waals surface area (Å²) in [7, 11) is 0. The second kappa shape index (κ2) is 12.5. The fraction of sp³-hybridized carbons (Fsp3) is 0.714. The minimum atomic E-state index is -0.911. The standard InChI is InChI=1S/C28H40F2O/c1-3-5-6-20-31-26-19-18-25(27(29)28(26)30)17-12-22-10-15-24(16-11-22)23-13-8-21(7-4-2)9-14-23/h18-19,21-24H,3-11,13-16,20H2,1-2H3/t21-,22?,23-,24?. The van der Waals surface area contributed by atoms with Crippen molar-refractivity contribution in [3.05, 3.63) is 29.3 Å². The quantitative estimate of drug-likeness (QED) is 0.298. The van der Waals surface area contributed by atoms with Crippen molar-refractivity contribution in [3.8, 4) is 17.6 Å². The predicted octanol–water partition coefficient (Wildman–Crippen LogP) is 8.30. The number of hydrogen-bond acceptors (Lipinski definition) is 1. The van der Waals surface area contributed by atoms with Crippen molar-refractivity contribution in [1.29, 1.82) is 0 Å². The van der Waals surface area contributed by atoms with Crippen molar-refractivity contribution in [2.45, 2.75) is 97.3 Å². The summed E-state index contributed by atoms with van der Waals surface area (Å²) < 4.78 is 34.1.